The number of amides is 3. The topological polar surface area (TPSA) is 87.2 Å². The molecule has 7 nitrogen and oxygen atoms in total. The lowest BCUT2D eigenvalue weighted by molar-refractivity contribution is -0.121. The van der Waals surface area contributed by atoms with Gasteiger partial charge < -0.3 is 15.5 Å². The van der Waals surface area contributed by atoms with Crippen molar-refractivity contribution in [3.05, 3.63) is 53.9 Å². The molecule has 1 aromatic carbocycles. The second kappa shape index (κ2) is 6.39. The van der Waals surface area contributed by atoms with Gasteiger partial charge in [-0.2, -0.15) is 0 Å². The molecule has 0 fully saturated rings. The number of hydrogen-bond acceptors (Lipinski definition) is 4. The summed E-state index contributed by atoms with van der Waals surface area (Å²) >= 11 is 0. The van der Waals surface area contributed by atoms with E-state index in [1.165, 1.54) is 23.1 Å². The maximum absolute atomic E-state index is 13.3. The predicted octanol–water partition coefficient (Wildman–Crippen LogP) is 1.28. The van der Waals surface area contributed by atoms with Gasteiger partial charge >= 0.3 is 6.03 Å². The van der Waals surface area contributed by atoms with Crippen molar-refractivity contribution in [2.45, 2.75) is 13.1 Å². The lowest BCUT2D eigenvalue weighted by Crippen LogP contribution is -2.44. The lowest BCUT2D eigenvalue weighted by Gasteiger charge is -2.28. The molecule has 2 aromatic rings. The number of fused-ring (bicyclic) bond motifs is 1. The number of benzene rings is 1. The summed E-state index contributed by atoms with van der Waals surface area (Å²) in [5, 5.41) is 5.27. The van der Waals surface area contributed by atoms with Crippen LogP contribution in [0.5, 0.6) is 0 Å². The second-order valence-corrected chi connectivity index (χ2v) is 5.03. The van der Waals surface area contributed by atoms with Gasteiger partial charge in [0.1, 0.15) is 18.2 Å². The minimum absolute atomic E-state index is 0.130. The van der Waals surface area contributed by atoms with Gasteiger partial charge in [0.25, 0.3) is 0 Å². The highest BCUT2D eigenvalue weighted by Gasteiger charge is 2.24. The van der Waals surface area contributed by atoms with E-state index in [4.69, 9.17) is 0 Å². The van der Waals surface area contributed by atoms with Crippen LogP contribution in [0.1, 0.15) is 11.4 Å². The van der Waals surface area contributed by atoms with Crippen molar-refractivity contribution in [2.75, 3.05) is 11.9 Å². The standard InChI is InChI=1S/C15H14FN5O2/c16-11-2-3-12-10(6-11)8-21(15(23)20-12)9-14(22)19-7-13-17-4-1-5-18-13/h1-6H,7-9H2,(H,19,22)(H,20,23). The molecule has 3 amide bonds. The lowest BCUT2D eigenvalue weighted by atomic mass is 10.1. The molecule has 0 bridgehead atoms. The van der Waals surface area contributed by atoms with E-state index in [-0.39, 0.29) is 31.4 Å². The molecule has 1 aliphatic heterocycles. The molecule has 8 heteroatoms. The van der Waals surface area contributed by atoms with Gasteiger partial charge in [-0.1, -0.05) is 0 Å². The number of urea groups is 1. The molecule has 0 spiro atoms. The number of rotatable bonds is 4. The van der Waals surface area contributed by atoms with Crippen LogP contribution >= 0.6 is 0 Å². The molecular formula is C15H14FN5O2. The molecule has 0 unspecified atom stereocenters. The predicted molar refractivity (Wildman–Crippen MR) is 79.7 cm³/mol. The normalized spacial score (nSPS) is 13.3. The smallest absolute Gasteiger partial charge is 0.322 e. The fourth-order valence-corrected chi connectivity index (χ4v) is 2.24. The van der Waals surface area contributed by atoms with Crippen molar-refractivity contribution in [3.63, 3.8) is 0 Å². The fourth-order valence-electron chi connectivity index (χ4n) is 2.24. The summed E-state index contributed by atoms with van der Waals surface area (Å²) in [6.07, 6.45) is 3.16. The van der Waals surface area contributed by atoms with E-state index in [2.05, 4.69) is 20.6 Å². The third kappa shape index (κ3) is 3.60. The summed E-state index contributed by atoms with van der Waals surface area (Å²) in [7, 11) is 0. The van der Waals surface area contributed by atoms with E-state index in [0.29, 0.717) is 17.1 Å². The van der Waals surface area contributed by atoms with Gasteiger partial charge in [-0.05, 0) is 29.8 Å². The molecule has 1 aliphatic rings. The third-order valence-electron chi connectivity index (χ3n) is 3.35. The van der Waals surface area contributed by atoms with Gasteiger partial charge in [0.2, 0.25) is 5.91 Å². The number of nitrogens with zero attached hydrogens (tertiary/aromatic N) is 3. The van der Waals surface area contributed by atoms with Crippen LogP contribution in [-0.4, -0.2) is 33.4 Å². The number of nitrogens with one attached hydrogen (secondary N) is 2. The van der Waals surface area contributed by atoms with E-state index in [0.717, 1.165) is 0 Å². The molecular weight excluding hydrogens is 301 g/mol. The van der Waals surface area contributed by atoms with Crippen molar-refractivity contribution in [1.82, 2.24) is 20.2 Å². The van der Waals surface area contributed by atoms with Crippen LogP contribution in [0, 0.1) is 5.82 Å². The van der Waals surface area contributed by atoms with Gasteiger partial charge in [0.05, 0.1) is 13.1 Å². The summed E-state index contributed by atoms with van der Waals surface area (Å²) in [4.78, 5) is 33.2. The Hall–Kier alpha value is -3.03. The van der Waals surface area contributed by atoms with Gasteiger partial charge in [0, 0.05) is 18.1 Å². The number of hydrogen-bond donors (Lipinski definition) is 2. The van der Waals surface area contributed by atoms with Gasteiger partial charge in [-0.15, -0.1) is 0 Å². The zero-order valence-corrected chi connectivity index (χ0v) is 12.1. The Kier molecular flexibility index (Phi) is 4.13. The zero-order valence-electron chi connectivity index (χ0n) is 12.1. The van der Waals surface area contributed by atoms with Crippen molar-refractivity contribution in [1.29, 1.82) is 0 Å². The maximum atomic E-state index is 13.3. The average molecular weight is 315 g/mol. The summed E-state index contributed by atoms with van der Waals surface area (Å²) in [5.74, 6) is -0.241. The molecule has 2 N–H and O–H groups in total. The SMILES string of the molecule is O=C(CN1Cc2cc(F)ccc2NC1=O)NCc1ncccn1. The first-order valence-corrected chi connectivity index (χ1v) is 6.99. The largest absolute Gasteiger partial charge is 0.347 e. The highest BCUT2D eigenvalue weighted by atomic mass is 19.1. The van der Waals surface area contributed by atoms with Gasteiger partial charge in [-0.3, -0.25) is 4.79 Å². The minimum Gasteiger partial charge on any atom is -0.347 e. The molecule has 0 saturated carbocycles. The highest BCUT2D eigenvalue weighted by molar-refractivity contribution is 5.94. The molecule has 3 rings (SSSR count). The van der Waals surface area contributed by atoms with Crippen molar-refractivity contribution in [3.8, 4) is 0 Å². The van der Waals surface area contributed by atoms with Crippen LogP contribution in [0.2, 0.25) is 0 Å². The van der Waals surface area contributed by atoms with Crippen LogP contribution in [0.3, 0.4) is 0 Å². The van der Waals surface area contributed by atoms with E-state index in [9.17, 15) is 14.0 Å². The second-order valence-electron chi connectivity index (χ2n) is 5.03. The Morgan fingerprint density at radius 1 is 1.35 bits per heavy atom. The molecule has 23 heavy (non-hydrogen) atoms. The third-order valence-corrected chi connectivity index (χ3v) is 3.35. The van der Waals surface area contributed by atoms with Crippen LogP contribution in [0.25, 0.3) is 0 Å². The fraction of sp³-hybridized carbons (Fsp3) is 0.200. The molecule has 0 saturated heterocycles. The number of carbonyl (C=O) groups excluding carboxylic acids is 2. The molecule has 2 heterocycles. The van der Waals surface area contributed by atoms with Crippen LogP contribution in [0.4, 0.5) is 14.9 Å². The van der Waals surface area contributed by atoms with Gasteiger partial charge in [0.15, 0.2) is 0 Å². The van der Waals surface area contributed by atoms with Crippen LogP contribution < -0.4 is 10.6 Å². The zero-order chi connectivity index (χ0) is 16.2. The van der Waals surface area contributed by atoms with Crippen LogP contribution in [0.15, 0.2) is 36.7 Å². The Morgan fingerprint density at radius 2 is 2.13 bits per heavy atom. The number of halogens is 1. The van der Waals surface area contributed by atoms with E-state index < -0.39 is 6.03 Å². The number of anilines is 1. The summed E-state index contributed by atoms with van der Waals surface area (Å²) in [5.41, 5.74) is 1.19. The van der Waals surface area contributed by atoms with Crippen LogP contribution in [-0.2, 0) is 17.9 Å². The van der Waals surface area contributed by atoms with E-state index >= 15 is 0 Å². The van der Waals surface area contributed by atoms with Crippen molar-refractivity contribution >= 4 is 17.6 Å². The minimum atomic E-state index is -0.393. The molecule has 1 aromatic heterocycles. The summed E-state index contributed by atoms with van der Waals surface area (Å²) < 4.78 is 13.3. The quantitative estimate of drug-likeness (QED) is 0.890. The Morgan fingerprint density at radius 3 is 2.91 bits per heavy atom. The summed E-state index contributed by atoms with van der Waals surface area (Å²) in [6.45, 7) is 0.225. The monoisotopic (exact) mass is 315 g/mol. The Balaban J connectivity index is 1.59. The van der Waals surface area contributed by atoms with Crippen molar-refractivity contribution in [2.24, 2.45) is 0 Å². The molecule has 0 radical (unpaired) electrons. The average Bonchev–Trinajstić information content (AvgIpc) is 2.55. The Labute approximate surface area is 131 Å². The summed E-state index contributed by atoms with van der Waals surface area (Å²) in [6, 6.07) is 5.42. The van der Waals surface area contributed by atoms with Crippen molar-refractivity contribution < 1.29 is 14.0 Å². The maximum Gasteiger partial charge on any atom is 0.322 e. The first kappa shape index (κ1) is 14.9. The first-order valence-electron chi connectivity index (χ1n) is 6.99. The number of carbonyl (C=O) groups is 2. The number of aromatic nitrogens is 2. The van der Waals surface area contributed by atoms with Gasteiger partial charge in [-0.25, -0.2) is 19.2 Å². The first-order chi connectivity index (χ1) is 11.1. The molecule has 0 aliphatic carbocycles. The van der Waals surface area contributed by atoms with E-state index in [1.807, 2.05) is 0 Å². The molecule has 118 valence electrons. The highest BCUT2D eigenvalue weighted by Crippen LogP contribution is 2.23. The molecule has 0 atom stereocenters. The van der Waals surface area contributed by atoms with E-state index in [1.54, 1.807) is 18.5 Å². The Bertz CT molecular complexity index is 738.